The topological polar surface area (TPSA) is 55.7 Å². The van der Waals surface area contributed by atoms with Crippen LogP contribution in [0.3, 0.4) is 0 Å². The Kier molecular flexibility index (Phi) is 8.19. The number of aromatic nitrogens is 1. The molecule has 10 heteroatoms. The maximum absolute atomic E-state index is 6.27. The third-order valence-electron chi connectivity index (χ3n) is 4.65. The van der Waals surface area contributed by atoms with Crippen molar-refractivity contribution < 1.29 is 9.47 Å². The van der Waals surface area contributed by atoms with E-state index in [9.17, 15) is 0 Å². The first kappa shape index (κ1) is 24.6. The van der Waals surface area contributed by atoms with Gasteiger partial charge in [0.05, 0.1) is 34.1 Å². The van der Waals surface area contributed by atoms with Gasteiger partial charge in [0, 0.05) is 16.0 Å². The summed E-state index contributed by atoms with van der Waals surface area (Å²) >= 11 is 25.7. The van der Waals surface area contributed by atoms with E-state index in [-0.39, 0.29) is 0 Å². The minimum atomic E-state index is 0.326. The molecule has 0 bridgehead atoms. The number of nitrogens with one attached hydrogen (secondary N) is 1. The molecule has 0 radical (unpaired) electrons. The maximum atomic E-state index is 6.27. The molecule has 0 unspecified atom stereocenters. The lowest BCUT2D eigenvalue weighted by atomic mass is 10.2. The van der Waals surface area contributed by atoms with Gasteiger partial charge in [0.2, 0.25) is 5.13 Å². The highest BCUT2D eigenvalue weighted by Gasteiger charge is 2.09. The van der Waals surface area contributed by atoms with Gasteiger partial charge in [-0.1, -0.05) is 52.5 Å². The van der Waals surface area contributed by atoms with E-state index in [1.54, 1.807) is 37.6 Å². The van der Waals surface area contributed by atoms with Crippen LogP contribution in [0.4, 0.5) is 5.13 Å². The molecule has 0 saturated carbocycles. The number of methoxy groups -OCH3 is 1. The average Bonchev–Trinajstić information content (AvgIpc) is 3.28. The van der Waals surface area contributed by atoms with Gasteiger partial charge in [-0.2, -0.15) is 5.10 Å². The Morgan fingerprint density at radius 2 is 1.79 bits per heavy atom. The van der Waals surface area contributed by atoms with Crippen LogP contribution in [-0.4, -0.2) is 18.3 Å². The molecule has 0 atom stereocenters. The van der Waals surface area contributed by atoms with Crippen LogP contribution in [0, 0.1) is 0 Å². The molecular formula is C24H17Cl4N3O2S. The van der Waals surface area contributed by atoms with Crippen LogP contribution in [0.25, 0.3) is 11.3 Å². The molecule has 1 heterocycles. The fraction of sp³-hybridized carbons (Fsp3) is 0.0833. The number of hydrazone groups is 1. The molecule has 174 valence electrons. The summed E-state index contributed by atoms with van der Waals surface area (Å²) in [5, 5.41) is 8.90. The molecule has 1 aromatic heterocycles. The Balaban J connectivity index is 1.39. The standard InChI is InChI=1S/C24H17Cl4N3O2S/c1-32-23-9-14(3-7-22(23)33-12-15-2-6-18(26)20(28)8-15)11-29-31-24-30-21(13-34-24)17-5-4-16(25)10-19(17)27/h2-11,13H,12H2,1H3,(H,30,31)/b29-11+. The molecule has 0 aliphatic rings. The number of benzene rings is 3. The van der Waals surface area contributed by atoms with Crippen LogP contribution >= 0.6 is 57.7 Å². The number of thiazole rings is 1. The summed E-state index contributed by atoms with van der Waals surface area (Å²) in [7, 11) is 1.58. The first-order chi connectivity index (χ1) is 16.4. The predicted molar refractivity (Wildman–Crippen MR) is 143 cm³/mol. The lowest BCUT2D eigenvalue weighted by molar-refractivity contribution is 0.284. The molecule has 0 fully saturated rings. The van der Waals surface area contributed by atoms with E-state index in [0.29, 0.717) is 43.3 Å². The van der Waals surface area contributed by atoms with Gasteiger partial charge in [0.1, 0.15) is 6.61 Å². The third kappa shape index (κ3) is 6.14. The Morgan fingerprint density at radius 3 is 2.56 bits per heavy atom. The van der Waals surface area contributed by atoms with Crippen LogP contribution in [0.2, 0.25) is 20.1 Å². The van der Waals surface area contributed by atoms with Crippen LogP contribution in [0.5, 0.6) is 11.5 Å². The largest absolute Gasteiger partial charge is 0.493 e. The fourth-order valence-corrected chi connectivity index (χ4v) is 4.47. The molecule has 1 N–H and O–H groups in total. The highest BCUT2D eigenvalue weighted by Crippen LogP contribution is 2.33. The van der Waals surface area contributed by atoms with Gasteiger partial charge >= 0.3 is 0 Å². The Labute approximate surface area is 220 Å². The van der Waals surface area contributed by atoms with Crippen molar-refractivity contribution in [2.24, 2.45) is 5.10 Å². The Bertz CT molecular complexity index is 1340. The smallest absolute Gasteiger partial charge is 0.203 e. The highest BCUT2D eigenvalue weighted by atomic mass is 35.5. The zero-order chi connectivity index (χ0) is 24.1. The number of anilines is 1. The zero-order valence-electron chi connectivity index (χ0n) is 17.7. The molecule has 0 amide bonds. The number of halogens is 4. The van der Waals surface area contributed by atoms with Crippen LogP contribution in [0.1, 0.15) is 11.1 Å². The fourth-order valence-electron chi connectivity index (χ4n) is 2.98. The molecule has 0 aliphatic carbocycles. The third-order valence-corrected chi connectivity index (χ3v) is 6.68. The summed E-state index contributed by atoms with van der Waals surface area (Å²) in [6.45, 7) is 0.326. The number of nitrogens with zero attached hydrogens (tertiary/aromatic N) is 2. The summed E-state index contributed by atoms with van der Waals surface area (Å²) in [6, 6.07) is 16.2. The minimum absolute atomic E-state index is 0.326. The van der Waals surface area contributed by atoms with Crippen molar-refractivity contribution in [3.8, 4) is 22.8 Å². The number of hydrogen-bond acceptors (Lipinski definition) is 6. The summed E-state index contributed by atoms with van der Waals surface area (Å²) in [4.78, 5) is 4.52. The molecule has 0 aliphatic heterocycles. The van der Waals surface area contributed by atoms with E-state index in [2.05, 4.69) is 15.5 Å². The first-order valence-electron chi connectivity index (χ1n) is 9.87. The van der Waals surface area contributed by atoms with Gasteiger partial charge in [0.15, 0.2) is 11.5 Å². The lowest BCUT2D eigenvalue weighted by Crippen LogP contribution is -1.99. The summed E-state index contributed by atoms with van der Waals surface area (Å²) in [6.07, 6.45) is 1.67. The van der Waals surface area contributed by atoms with Gasteiger partial charge < -0.3 is 9.47 Å². The zero-order valence-corrected chi connectivity index (χ0v) is 21.5. The highest BCUT2D eigenvalue weighted by molar-refractivity contribution is 7.14. The van der Waals surface area contributed by atoms with Crippen molar-refractivity contribution in [2.75, 3.05) is 12.5 Å². The molecule has 4 rings (SSSR count). The molecule has 0 spiro atoms. The van der Waals surface area contributed by atoms with E-state index in [1.165, 1.54) is 11.3 Å². The van der Waals surface area contributed by atoms with E-state index < -0.39 is 0 Å². The lowest BCUT2D eigenvalue weighted by Gasteiger charge is -2.11. The van der Waals surface area contributed by atoms with E-state index in [4.69, 9.17) is 55.9 Å². The Hall–Kier alpha value is -2.48. The van der Waals surface area contributed by atoms with E-state index >= 15 is 0 Å². The second-order valence-electron chi connectivity index (χ2n) is 6.98. The van der Waals surface area contributed by atoms with E-state index in [0.717, 1.165) is 22.4 Å². The van der Waals surface area contributed by atoms with Crippen molar-refractivity contribution in [1.82, 2.24) is 4.98 Å². The van der Waals surface area contributed by atoms with Crippen LogP contribution in [0.15, 0.2) is 65.1 Å². The summed E-state index contributed by atoms with van der Waals surface area (Å²) < 4.78 is 11.4. The van der Waals surface area contributed by atoms with Crippen molar-refractivity contribution in [3.05, 3.63) is 91.2 Å². The monoisotopic (exact) mass is 551 g/mol. The molecule has 34 heavy (non-hydrogen) atoms. The summed E-state index contributed by atoms with van der Waals surface area (Å²) in [5.41, 5.74) is 6.21. The SMILES string of the molecule is COc1cc(/C=N/Nc2nc(-c3ccc(Cl)cc3Cl)cs2)ccc1OCc1ccc(Cl)c(Cl)c1. The Morgan fingerprint density at radius 1 is 0.941 bits per heavy atom. The van der Waals surface area contributed by atoms with Crippen molar-refractivity contribution in [3.63, 3.8) is 0 Å². The number of rotatable bonds is 8. The second kappa shape index (κ2) is 11.3. The second-order valence-corrected chi connectivity index (χ2v) is 9.50. The predicted octanol–water partition coefficient (Wildman–Crippen LogP) is 8.46. The van der Waals surface area contributed by atoms with Crippen molar-refractivity contribution >= 4 is 69.1 Å². The van der Waals surface area contributed by atoms with Gasteiger partial charge in [-0.15, -0.1) is 11.3 Å². The van der Waals surface area contributed by atoms with E-state index in [1.807, 2.05) is 35.7 Å². The van der Waals surface area contributed by atoms with Gasteiger partial charge in [-0.3, -0.25) is 5.43 Å². The normalized spacial score (nSPS) is 11.1. The number of ether oxygens (including phenoxy) is 2. The summed E-state index contributed by atoms with van der Waals surface area (Å²) in [5.74, 6) is 1.18. The minimum Gasteiger partial charge on any atom is -0.493 e. The average molecular weight is 553 g/mol. The van der Waals surface area contributed by atoms with Gasteiger partial charge in [-0.05, 0) is 59.7 Å². The van der Waals surface area contributed by atoms with Gasteiger partial charge in [-0.25, -0.2) is 4.98 Å². The van der Waals surface area contributed by atoms with Gasteiger partial charge in [0.25, 0.3) is 0 Å². The molecule has 4 aromatic rings. The molecular weight excluding hydrogens is 536 g/mol. The molecule has 0 saturated heterocycles. The maximum Gasteiger partial charge on any atom is 0.203 e. The molecule has 3 aromatic carbocycles. The first-order valence-corrected chi connectivity index (χ1v) is 12.3. The molecule has 5 nitrogen and oxygen atoms in total. The van der Waals surface area contributed by atoms with Crippen molar-refractivity contribution in [2.45, 2.75) is 6.61 Å². The van der Waals surface area contributed by atoms with Crippen LogP contribution < -0.4 is 14.9 Å². The quantitative estimate of drug-likeness (QED) is 0.176. The van der Waals surface area contributed by atoms with Crippen molar-refractivity contribution in [1.29, 1.82) is 0 Å². The number of hydrogen-bond donors (Lipinski definition) is 1. The van der Waals surface area contributed by atoms with Crippen LogP contribution in [-0.2, 0) is 6.61 Å².